The number of piperidine rings is 1. The Kier molecular flexibility index (Phi) is 8.03. The molecule has 3 N–H and O–H groups in total. The van der Waals surface area contributed by atoms with Crippen molar-refractivity contribution in [1.29, 1.82) is 0 Å². The lowest BCUT2D eigenvalue weighted by Gasteiger charge is -2.26. The van der Waals surface area contributed by atoms with E-state index >= 15 is 0 Å². The lowest BCUT2D eigenvalue weighted by atomic mass is 10.1. The van der Waals surface area contributed by atoms with Gasteiger partial charge in [0.2, 0.25) is 5.88 Å². The maximum atomic E-state index is 12.5. The third-order valence-electron chi connectivity index (χ3n) is 6.86. The quantitative estimate of drug-likeness (QED) is 0.196. The van der Waals surface area contributed by atoms with Gasteiger partial charge in [-0.3, -0.25) is 19.7 Å². The molecular formula is C31H32N4O4. The van der Waals surface area contributed by atoms with Gasteiger partial charge in [-0.05, 0) is 93.0 Å². The summed E-state index contributed by atoms with van der Waals surface area (Å²) in [6.45, 7) is 5.32. The van der Waals surface area contributed by atoms with Crippen LogP contribution in [0.2, 0.25) is 0 Å². The van der Waals surface area contributed by atoms with Crippen LogP contribution in [0.1, 0.15) is 47.7 Å². The Bertz CT molecular complexity index is 1540. The first kappa shape index (κ1) is 26.2. The molecule has 0 saturated carbocycles. The van der Waals surface area contributed by atoms with Crippen molar-refractivity contribution in [2.24, 2.45) is 4.99 Å². The summed E-state index contributed by atoms with van der Waals surface area (Å²) in [5.41, 5.74) is 3.99. The molecule has 8 heteroatoms. The average molecular weight is 525 g/mol. The number of esters is 1. The number of hydrogen-bond donors (Lipinski definition) is 3. The van der Waals surface area contributed by atoms with E-state index in [0.29, 0.717) is 34.2 Å². The number of nitrogens with one attached hydrogen (secondary N) is 2. The first-order valence-electron chi connectivity index (χ1n) is 13.3. The van der Waals surface area contributed by atoms with Crippen LogP contribution in [0.5, 0.6) is 5.88 Å². The third-order valence-corrected chi connectivity index (χ3v) is 6.86. The Morgan fingerprint density at radius 2 is 1.72 bits per heavy atom. The summed E-state index contributed by atoms with van der Waals surface area (Å²) in [4.78, 5) is 34.0. The summed E-state index contributed by atoms with van der Waals surface area (Å²) < 4.78 is 5.03. The number of anilines is 2. The molecule has 1 aliphatic rings. The van der Waals surface area contributed by atoms with E-state index in [1.807, 2.05) is 12.1 Å². The number of ether oxygens (including phenoxy) is 1. The Morgan fingerprint density at radius 3 is 2.44 bits per heavy atom. The van der Waals surface area contributed by atoms with E-state index in [-0.39, 0.29) is 17.4 Å². The van der Waals surface area contributed by atoms with Gasteiger partial charge >= 0.3 is 5.97 Å². The molecule has 0 atom stereocenters. The zero-order valence-corrected chi connectivity index (χ0v) is 21.9. The summed E-state index contributed by atoms with van der Waals surface area (Å²) in [5, 5.41) is 14.9. The van der Waals surface area contributed by atoms with Gasteiger partial charge in [-0.15, -0.1) is 0 Å². The number of likely N-dealkylation sites (tertiary alicyclic amines) is 1. The van der Waals surface area contributed by atoms with Crippen molar-refractivity contribution >= 4 is 40.0 Å². The molecule has 1 aliphatic heterocycles. The van der Waals surface area contributed by atoms with Crippen molar-refractivity contribution < 1.29 is 14.6 Å². The van der Waals surface area contributed by atoms with Crippen molar-refractivity contribution in [3.8, 4) is 5.88 Å². The number of nitrogens with zero attached hydrogens (tertiary/aromatic N) is 2. The molecule has 8 nitrogen and oxygen atoms in total. The molecule has 200 valence electrons. The second-order valence-electron chi connectivity index (χ2n) is 9.66. The molecule has 1 saturated heterocycles. The molecule has 0 spiro atoms. The van der Waals surface area contributed by atoms with Gasteiger partial charge in [0, 0.05) is 34.9 Å². The molecule has 4 aromatic rings. The second kappa shape index (κ2) is 12.0. The Morgan fingerprint density at radius 1 is 1.00 bits per heavy atom. The number of aromatic hydroxyl groups is 1. The number of carbonyl (C=O) groups is 1. The molecule has 0 unspecified atom stereocenters. The van der Waals surface area contributed by atoms with E-state index in [9.17, 15) is 14.7 Å². The van der Waals surface area contributed by atoms with Crippen LogP contribution in [-0.2, 0) is 11.3 Å². The standard InChI is InChI=1S/C31H32N4O4/c1-2-39-31(38)22-8-12-24(13-9-22)33-25-14-15-26-27(18-25)28(30(37)34-29(26)36)19-32-23-10-6-21(7-11-23)20-35-16-4-3-5-17-35/h6-15,18-19,33H,2-5,16-17,20H2,1H3,(H2,34,36,37). The van der Waals surface area contributed by atoms with Crippen LogP contribution in [0.25, 0.3) is 10.8 Å². The van der Waals surface area contributed by atoms with Crippen molar-refractivity contribution in [1.82, 2.24) is 9.88 Å². The number of benzene rings is 3. The Hall–Kier alpha value is -4.43. The summed E-state index contributed by atoms with van der Waals surface area (Å²) in [6, 6.07) is 20.3. The highest BCUT2D eigenvalue weighted by molar-refractivity contribution is 6.03. The zero-order chi connectivity index (χ0) is 27.2. The van der Waals surface area contributed by atoms with Crippen LogP contribution in [0.3, 0.4) is 0 Å². The number of fused-ring (bicyclic) bond motifs is 1. The third kappa shape index (κ3) is 6.35. The van der Waals surface area contributed by atoms with E-state index in [0.717, 1.165) is 31.0 Å². The van der Waals surface area contributed by atoms with Gasteiger partial charge < -0.3 is 15.2 Å². The molecule has 39 heavy (non-hydrogen) atoms. The number of H-pyrrole nitrogens is 1. The number of aromatic amines is 1. The molecular weight excluding hydrogens is 492 g/mol. The molecule has 0 amide bonds. The largest absolute Gasteiger partial charge is 0.494 e. The van der Waals surface area contributed by atoms with Crippen molar-refractivity contribution in [3.63, 3.8) is 0 Å². The highest BCUT2D eigenvalue weighted by Crippen LogP contribution is 2.27. The van der Waals surface area contributed by atoms with Gasteiger partial charge in [0.05, 0.1) is 23.4 Å². The fourth-order valence-electron chi connectivity index (χ4n) is 4.82. The van der Waals surface area contributed by atoms with Crippen LogP contribution >= 0.6 is 0 Å². The topological polar surface area (TPSA) is 107 Å². The Balaban J connectivity index is 1.36. The number of carbonyl (C=O) groups excluding carboxylic acids is 1. The van der Waals surface area contributed by atoms with Crippen molar-refractivity contribution in [2.75, 3.05) is 25.0 Å². The predicted octanol–water partition coefficient (Wildman–Crippen LogP) is 5.89. The molecule has 0 aliphatic carbocycles. The van der Waals surface area contributed by atoms with Gasteiger partial charge in [-0.2, -0.15) is 0 Å². The summed E-state index contributed by atoms with van der Waals surface area (Å²) >= 11 is 0. The lowest BCUT2D eigenvalue weighted by Crippen LogP contribution is -2.28. The minimum Gasteiger partial charge on any atom is -0.494 e. The van der Waals surface area contributed by atoms with Gasteiger partial charge in [-0.25, -0.2) is 4.79 Å². The van der Waals surface area contributed by atoms with Gasteiger partial charge in [-0.1, -0.05) is 18.6 Å². The zero-order valence-electron chi connectivity index (χ0n) is 21.9. The van der Waals surface area contributed by atoms with Gasteiger partial charge in [0.25, 0.3) is 5.56 Å². The fourth-order valence-corrected chi connectivity index (χ4v) is 4.82. The SMILES string of the molecule is CCOC(=O)c1ccc(Nc2ccc3c(=O)[nH]c(O)c(C=Nc4ccc(CN5CCCCC5)cc4)c3c2)cc1. The Labute approximate surface area is 227 Å². The summed E-state index contributed by atoms with van der Waals surface area (Å²) in [5.74, 6) is -0.612. The highest BCUT2D eigenvalue weighted by Gasteiger charge is 2.12. The van der Waals surface area contributed by atoms with Gasteiger partial charge in [0.1, 0.15) is 0 Å². The minimum atomic E-state index is -0.382. The lowest BCUT2D eigenvalue weighted by molar-refractivity contribution is 0.0526. The van der Waals surface area contributed by atoms with Crippen LogP contribution in [0.4, 0.5) is 17.1 Å². The van der Waals surface area contributed by atoms with Gasteiger partial charge in [0.15, 0.2) is 0 Å². The van der Waals surface area contributed by atoms with E-state index < -0.39 is 0 Å². The molecule has 3 aromatic carbocycles. The molecule has 0 bridgehead atoms. The summed E-state index contributed by atoms with van der Waals surface area (Å²) in [7, 11) is 0. The van der Waals surface area contributed by atoms with Crippen LogP contribution in [0, 0.1) is 0 Å². The number of pyridine rings is 1. The normalized spacial score (nSPS) is 14.1. The highest BCUT2D eigenvalue weighted by atomic mass is 16.5. The van der Waals surface area contributed by atoms with Crippen molar-refractivity contribution in [3.05, 3.63) is 93.8 Å². The second-order valence-corrected chi connectivity index (χ2v) is 9.66. The van der Waals surface area contributed by atoms with E-state index in [2.05, 4.69) is 32.3 Å². The number of aliphatic imine (C=N–C) groups is 1. The van der Waals surface area contributed by atoms with Crippen LogP contribution < -0.4 is 10.9 Å². The fraction of sp³-hybridized carbons (Fsp3) is 0.258. The number of rotatable bonds is 8. The van der Waals surface area contributed by atoms with Crippen molar-refractivity contribution in [2.45, 2.75) is 32.7 Å². The summed E-state index contributed by atoms with van der Waals surface area (Å²) in [6.07, 6.45) is 5.42. The van der Waals surface area contributed by atoms with E-state index in [1.165, 1.54) is 24.8 Å². The number of hydrogen-bond acceptors (Lipinski definition) is 7. The molecule has 2 heterocycles. The monoisotopic (exact) mass is 524 g/mol. The minimum absolute atomic E-state index is 0.242. The smallest absolute Gasteiger partial charge is 0.338 e. The number of aromatic nitrogens is 1. The molecule has 0 radical (unpaired) electrons. The molecule has 1 fully saturated rings. The van der Waals surface area contributed by atoms with Crippen LogP contribution in [-0.4, -0.2) is 46.9 Å². The van der Waals surface area contributed by atoms with Crippen LogP contribution in [0.15, 0.2) is 76.5 Å². The predicted molar refractivity (Wildman–Crippen MR) is 155 cm³/mol. The molecule has 5 rings (SSSR count). The van der Waals surface area contributed by atoms with E-state index in [4.69, 9.17) is 4.74 Å². The van der Waals surface area contributed by atoms with E-state index in [1.54, 1.807) is 55.6 Å². The first-order chi connectivity index (χ1) is 19.0. The molecule has 1 aromatic heterocycles. The maximum absolute atomic E-state index is 12.5. The first-order valence-corrected chi connectivity index (χ1v) is 13.3. The maximum Gasteiger partial charge on any atom is 0.338 e. The average Bonchev–Trinajstić information content (AvgIpc) is 2.95.